The highest BCUT2D eigenvalue weighted by Crippen LogP contribution is 2.43. The lowest BCUT2D eigenvalue weighted by molar-refractivity contribution is -0.320. The second kappa shape index (κ2) is 20.6. The summed E-state index contributed by atoms with van der Waals surface area (Å²) in [5.41, 5.74) is -4.01. The van der Waals surface area contributed by atoms with Crippen molar-refractivity contribution in [1.29, 1.82) is 0 Å². The number of esters is 2. The zero-order valence-corrected chi connectivity index (χ0v) is 39.0. The van der Waals surface area contributed by atoms with Crippen molar-refractivity contribution in [3.8, 4) is 0 Å². The zero-order chi connectivity index (χ0) is 45.9. The number of likely N-dealkylation sites (N-methyl/N-ethyl adjacent to an activating group) is 1. The van der Waals surface area contributed by atoms with E-state index in [1.54, 1.807) is 41.5 Å². The van der Waals surface area contributed by atoms with Gasteiger partial charge in [-0.3, -0.25) is 19.2 Å². The van der Waals surface area contributed by atoms with Crippen molar-refractivity contribution >= 4 is 29.3 Å². The molecule has 0 unspecified atom stereocenters. The molecule has 0 aromatic carbocycles. The Morgan fingerprint density at radius 3 is 2.16 bits per heavy atom. The number of ketones is 1. The van der Waals surface area contributed by atoms with Crippen LogP contribution in [-0.4, -0.2) is 163 Å². The molecule has 4 rings (SSSR count). The summed E-state index contributed by atoms with van der Waals surface area (Å²) in [6.07, 6.45) is -8.78. The molecule has 0 aromatic heterocycles. The molecule has 1 amide bonds. The van der Waals surface area contributed by atoms with Gasteiger partial charge in [0.1, 0.15) is 36.6 Å². The van der Waals surface area contributed by atoms with Crippen LogP contribution >= 0.6 is 0 Å². The van der Waals surface area contributed by atoms with Gasteiger partial charge in [-0.1, -0.05) is 27.7 Å². The summed E-state index contributed by atoms with van der Waals surface area (Å²) >= 11 is 0. The number of hydrogen-bond donors (Lipinski definition) is 2. The molecule has 61 heavy (non-hydrogen) atoms. The lowest BCUT2D eigenvalue weighted by Gasteiger charge is -2.50. The van der Waals surface area contributed by atoms with E-state index in [2.05, 4.69) is 4.99 Å². The minimum Gasteiger partial charge on any atom is -0.459 e. The summed E-state index contributed by atoms with van der Waals surface area (Å²) in [6, 6.07) is -0.345. The highest BCUT2D eigenvalue weighted by atomic mass is 16.7. The average Bonchev–Trinajstić information content (AvgIpc) is 3.18. The number of hydrogen-bond acceptors (Lipinski definition) is 16. The molecule has 0 aromatic rings. The molecular weight excluding hydrogens is 796 g/mol. The molecular formula is C44H74N2O15. The van der Waals surface area contributed by atoms with Gasteiger partial charge in [0.15, 0.2) is 24.5 Å². The van der Waals surface area contributed by atoms with Crippen molar-refractivity contribution in [3.63, 3.8) is 0 Å². The Kier molecular flexibility index (Phi) is 17.3. The van der Waals surface area contributed by atoms with Crippen LogP contribution in [0.2, 0.25) is 0 Å². The number of cyclic esters (lactones) is 1. The van der Waals surface area contributed by atoms with E-state index in [0.717, 1.165) is 0 Å². The molecule has 17 heteroatoms. The smallest absolute Gasteiger partial charge is 0.311 e. The molecule has 4 aliphatic rings. The Morgan fingerprint density at radius 2 is 1.59 bits per heavy atom. The summed E-state index contributed by atoms with van der Waals surface area (Å²) in [4.78, 5) is 59.8. The van der Waals surface area contributed by atoms with Gasteiger partial charge in [0.2, 0.25) is 5.91 Å². The molecule has 0 saturated carbocycles. The van der Waals surface area contributed by atoms with Crippen molar-refractivity contribution in [2.24, 2.45) is 28.7 Å². The van der Waals surface area contributed by atoms with Crippen molar-refractivity contribution < 1.29 is 72.0 Å². The molecule has 4 aliphatic heterocycles. The fourth-order valence-corrected chi connectivity index (χ4v) is 10.1. The Labute approximate surface area is 361 Å². The quantitative estimate of drug-likeness (QED) is 0.335. The highest BCUT2D eigenvalue weighted by Gasteiger charge is 2.55. The van der Waals surface area contributed by atoms with Crippen LogP contribution in [0.15, 0.2) is 4.99 Å². The summed E-state index contributed by atoms with van der Waals surface area (Å²) in [6.45, 7) is 19.3. The summed E-state index contributed by atoms with van der Waals surface area (Å²) < 4.78 is 57.4. The van der Waals surface area contributed by atoms with Crippen LogP contribution < -0.4 is 0 Å². The molecule has 4 fully saturated rings. The SMILES string of the molecule is CC[C@@H]1OC(=O)[C@H](C)[C@@H](O[C@H]2C[C@@](C)(OC)[C@@H](OC(C)=O)[C@H](C)O2)[C@H](C)[C@@H](O[C@@H]2O[C@H](C)C[C@H](N(C)C)[C@H]2O)[C@@]2(C)C[C@@H](C)C(=NC(C)=O)[C@@H](C)[C@H](OCC(=O)CO2)[C@]1(C)O. The molecule has 0 aliphatic carbocycles. The lowest BCUT2D eigenvalue weighted by atomic mass is 9.73. The van der Waals surface area contributed by atoms with Gasteiger partial charge in [-0.25, -0.2) is 4.99 Å². The largest absolute Gasteiger partial charge is 0.459 e. The van der Waals surface area contributed by atoms with Gasteiger partial charge in [0.05, 0.1) is 42.0 Å². The second-order valence-electron chi connectivity index (χ2n) is 18.8. The van der Waals surface area contributed by atoms with Crippen LogP contribution in [0.5, 0.6) is 0 Å². The Balaban J connectivity index is 1.99. The standard InChI is InChI=1S/C44H74N2O15/c1-16-32-44(12,52)38-24(4)34(45-28(8)47)22(2)18-43(11,55-21-30(49)20-54-38)37(61-41-35(50)31(46(13)14)17-23(3)56-41)25(5)36(26(6)40(51)59-32)60-33-19-42(10,53-15)39(27(7)57-33)58-29(9)48/h22-27,31-33,35-39,41,50,52H,16-21H2,1-15H3/t22-,23-,24-,25+,26-,27+,31+,32+,33+,35-,36+,37-,38+,39+,41+,42-,43-,44-/m1/s1. The molecule has 4 heterocycles. The predicted molar refractivity (Wildman–Crippen MR) is 221 cm³/mol. The minimum atomic E-state index is -1.89. The van der Waals surface area contributed by atoms with Gasteiger partial charge in [0, 0.05) is 51.0 Å². The summed E-state index contributed by atoms with van der Waals surface area (Å²) in [5.74, 6) is -5.33. The van der Waals surface area contributed by atoms with Gasteiger partial charge in [-0.05, 0) is 80.8 Å². The van der Waals surface area contributed by atoms with E-state index >= 15 is 0 Å². The number of carbonyl (C=O) groups excluding carboxylic acids is 4. The van der Waals surface area contributed by atoms with Gasteiger partial charge in [0.25, 0.3) is 0 Å². The number of amides is 1. The van der Waals surface area contributed by atoms with E-state index in [1.807, 2.05) is 39.8 Å². The maximum Gasteiger partial charge on any atom is 0.311 e. The first-order valence-corrected chi connectivity index (χ1v) is 21.8. The van der Waals surface area contributed by atoms with E-state index < -0.39 is 133 Å². The van der Waals surface area contributed by atoms with Crippen LogP contribution in [0.3, 0.4) is 0 Å². The molecule has 2 N–H and O–H groups in total. The van der Waals surface area contributed by atoms with E-state index in [-0.39, 0.29) is 31.4 Å². The number of nitrogens with zero attached hydrogens (tertiary/aromatic N) is 2. The van der Waals surface area contributed by atoms with Gasteiger partial charge < -0.3 is 57.7 Å². The molecule has 2 bridgehead atoms. The van der Waals surface area contributed by atoms with Gasteiger partial charge in [-0.2, -0.15) is 0 Å². The number of methoxy groups -OCH3 is 1. The maximum absolute atomic E-state index is 14.6. The molecule has 17 nitrogen and oxygen atoms in total. The predicted octanol–water partition coefficient (Wildman–Crippen LogP) is 3.41. The first-order chi connectivity index (χ1) is 28.3. The lowest BCUT2D eigenvalue weighted by Crippen LogP contribution is -2.62. The number of ether oxygens (including phenoxy) is 9. The van der Waals surface area contributed by atoms with Crippen molar-refractivity contribution in [3.05, 3.63) is 0 Å². The molecule has 4 saturated heterocycles. The molecule has 18 atom stereocenters. The normalized spacial score (nSPS) is 45.3. The Morgan fingerprint density at radius 1 is 0.934 bits per heavy atom. The van der Waals surface area contributed by atoms with Crippen molar-refractivity contribution in [2.75, 3.05) is 34.4 Å². The second-order valence-corrected chi connectivity index (χ2v) is 18.8. The zero-order valence-electron chi connectivity index (χ0n) is 39.0. The fraction of sp³-hybridized carbons (Fsp3) is 0.886. The van der Waals surface area contributed by atoms with Crippen LogP contribution in [-0.2, 0) is 61.8 Å². The first-order valence-electron chi connectivity index (χ1n) is 21.8. The number of aliphatic hydroxyl groups is 2. The number of aliphatic imine (C=N–C) groups is 1. The Hall–Kier alpha value is -2.45. The average molecular weight is 871 g/mol. The van der Waals surface area contributed by atoms with Crippen molar-refractivity contribution in [1.82, 2.24) is 4.90 Å². The molecule has 0 spiro atoms. The number of carbonyl (C=O) groups is 4. The third-order valence-electron chi connectivity index (χ3n) is 13.3. The number of aliphatic hydroxyl groups excluding tert-OH is 1. The third-order valence-corrected chi connectivity index (χ3v) is 13.3. The topological polar surface area (TPSA) is 207 Å². The van der Waals surface area contributed by atoms with E-state index in [1.165, 1.54) is 27.9 Å². The summed E-state index contributed by atoms with van der Waals surface area (Å²) in [7, 11) is 5.24. The van der Waals surface area contributed by atoms with E-state index in [4.69, 9.17) is 42.6 Å². The van der Waals surface area contributed by atoms with Crippen LogP contribution in [0.25, 0.3) is 0 Å². The fourth-order valence-electron chi connectivity index (χ4n) is 10.1. The molecule has 0 radical (unpaired) electrons. The number of fused-ring (bicyclic) bond motifs is 5. The Bertz CT molecular complexity index is 1570. The van der Waals surface area contributed by atoms with Crippen LogP contribution in [0, 0.1) is 23.7 Å². The maximum atomic E-state index is 14.6. The monoisotopic (exact) mass is 871 g/mol. The third kappa shape index (κ3) is 11.6. The number of rotatable bonds is 8. The van der Waals surface area contributed by atoms with E-state index in [0.29, 0.717) is 12.1 Å². The van der Waals surface area contributed by atoms with E-state index in [9.17, 15) is 29.4 Å². The molecule has 350 valence electrons. The highest BCUT2D eigenvalue weighted by molar-refractivity contribution is 5.98. The van der Waals surface area contributed by atoms with Crippen LogP contribution in [0.1, 0.15) is 109 Å². The first kappa shape index (κ1) is 51.2. The van der Waals surface area contributed by atoms with Crippen molar-refractivity contribution in [2.45, 2.75) is 193 Å². The van der Waals surface area contributed by atoms with Crippen LogP contribution in [0.4, 0.5) is 0 Å². The number of Topliss-reactive ketones (excluding diaryl/α,β-unsaturated/α-hetero) is 1. The minimum absolute atomic E-state index is 0.0855. The van der Waals surface area contributed by atoms with Gasteiger partial charge >= 0.3 is 11.9 Å². The summed E-state index contributed by atoms with van der Waals surface area (Å²) in [5, 5.41) is 24.3. The van der Waals surface area contributed by atoms with Gasteiger partial charge in [-0.15, -0.1) is 0 Å².